The normalized spacial score (nSPS) is 25.6. The lowest BCUT2D eigenvalue weighted by Crippen LogP contribution is -2.48. The van der Waals surface area contributed by atoms with E-state index in [9.17, 15) is 0 Å². The lowest BCUT2D eigenvalue weighted by molar-refractivity contribution is -0.135. The SMILES string of the molecule is Cc1cnc(N)nc1N[C@@H]1CCOC2(CCOCC2)C1. The number of hydrogen-bond donors (Lipinski definition) is 2. The molecule has 0 unspecified atom stereocenters. The standard InChI is InChI=1S/C14H22N4O2/c1-10-9-16-13(15)18-12(10)17-11-2-5-20-14(8-11)3-6-19-7-4-14/h9,11H,2-8H2,1H3,(H3,15,16,17,18)/t11-/m1/s1. The summed E-state index contributed by atoms with van der Waals surface area (Å²) in [7, 11) is 0. The van der Waals surface area contributed by atoms with E-state index in [1.807, 2.05) is 6.92 Å². The van der Waals surface area contributed by atoms with Crippen LogP contribution in [0.3, 0.4) is 0 Å². The van der Waals surface area contributed by atoms with Crippen molar-refractivity contribution in [1.29, 1.82) is 0 Å². The summed E-state index contributed by atoms with van der Waals surface area (Å²) in [5, 5.41) is 3.51. The van der Waals surface area contributed by atoms with Gasteiger partial charge in [-0.25, -0.2) is 4.98 Å². The monoisotopic (exact) mass is 278 g/mol. The molecule has 2 aliphatic heterocycles. The molecule has 0 bridgehead atoms. The molecular weight excluding hydrogens is 256 g/mol. The van der Waals surface area contributed by atoms with E-state index in [1.165, 1.54) is 0 Å². The molecule has 0 radical (unpaired) electrons. The highest BCUT2D eigenvalue weighted by atomic mass is 16.5. The maximum absolute atomic E-state index is 6.05. The Morgan fingerprint density at radius 3 is 2.95 bits per heavy atom. The van der Waals surface area contributed by atoms with Gasteiger partial charge in [0.1, 0.15) is 5.82 Å². The van der Waals surface area contributed by atoms with Crippen LogP contribution in [0.25, 0.3) is 0 Å². The number of nitrogens with zero attached hydrogens (tertiary/aromatic N) is 2. The minimum absolute atomic E-state index is 0.0132. The van der Waals surface area contributed by atoms with Crippen LogP contribution in [-0.2, 0) is 9.47 Å². The van der Waals surface area contributed by atoms with Crippen molar-refractivity contribution in [3.63, 3.8) is 0 Å². The summed E-state index contributed by atoms with van der Waals surface area (Å²) in [6, 6.07) is 0.370. The van der Waals surface area contributed by atoms with Crippen LogP contribution in [0.5, 0.6) is 0 Å². The van der Waals surface area contributed by atoms with Crippen LogP contribution in [0, 0.1) is 6.92 Å². The lowest BCUT2D eigenvalue weighted by atomic mass is 9.84. The van der Waals surface area contributed by atoms with Crippen molar-refractivity contribution in [2.45, 2.75) is 44.2 Å². The number of hydrogen-bond acceptors (Lipinski definition) is 6. The molecule has 2 aliphatic rings. The van der Waals surface area contributed by atoms with Gasteiger partial charge in [-0.2, -0.15) is 4.98 Å². The first-order valence-corrected chi connectivity index (χ1v) is 7.24. The molecule has 1 aromatic rings. The van der Waals surface area contributed by atoms with Gasteiger partial charge in [0.15, 0.2) is 0 Å². The summed E-state index contributed by atoms with van der Waals surface area (Å²) in [5.41, 5.74) is 6.67. The Balaban J connectivity index is 1.69. The van der Waals surface area contributed by atoms with Crippen molar-refractivity contribution in [2.24, 2.45) is 0 Å². The van der Waals surface area contributed by atoms with Crippen molar-refractivity contribution in [3.05, 3.63) is 11.8 Å². The average Bonchev–Trinajstić information content (AvgIpc) is 2.44. The van der Waals surface area contributed by atoms with Gasteiger partial charge < -0.3 is 20.5 Å². The number of anilines is 2. The fourth-order valence-corrected chi connectivity index (χ4v) is 3.04. The number of nitrogens with two attached hydrogens (primary N) is 1. The van der Waals surface area contributed by atoms with Gasteiger partial charge in [-0.15, -0.1) is 0 Å². The van der Waals surface area contributed by atoms with Crippen LogP contribution in [0.15, 0.2) is 6.20 Å². The molecule has 3 N–H and O–H groups in total. The molecule has 1 atom stereocenters. The van der Waals surface area contributed by atoms with Gasteiger partial charge in [-0.05, 0) is 32.6 Å². The van der Waals surface area contributed by atoms with Crippen LogP contribution in [0.2, 0.25) is 0 Å². The number of aryl methyl sites for hydroxylation is 1. The number of nitrogens with one attached hydrogen (secondary N) is 1. The van der Waals surface area contributed by atoms with E-state index in [-0.39, 0.29) is 5.60 Å². The van der Waals surface area contributed by atoms with Crippen LogP contribution in [0.4, 0.5) is 11.8 Å². The van der Waals surface area contributed by atoms with Crippen molar-refractivity contribution < 1.29 is 9.47 Å². The van der Waals surface area contributed by atoms with E-state index in [0.29, 0.717) is 12.0 Å². The summed E-state index contributed by atoms with van der Waals surface area (Å²) < 4.78 is 11.5. The summed E-state index contributed by atoms with van der Waals surface area (Å²) in [4.78, 5) is 8.29. The van der Waals surface area contributed by atoms with Crippen molar-refractivity contribution in [3.8, 4) is 0 Å². The Bertz CT molecular complexity index is 469. The van der Waals surface area contributed by atoms with Crippen molar-refractivity contribution in [2.75, 3.05) is 30.9 Å². The molecule has 2 saturated heterocycles. The number of rotatable bonds is 2. The van der Waals surface area contributed by atoms with Gasteiger partial charge in [0.25, 0.3) is 0 Å². The third-order valence-corrected chi connectivity index (χ3v) is 4.23. The highest BCUT2D eigenvalue weighted by Gasteiger charge is 2.39. The van der Waals surface area contributed by atoms with Crippen molar-refractivity contribution >= 4 is 11.8 Å². The Morgan fingerprint density at radius 2 is 2.15 bits per heavy atom. The first kappa shape index (κ1) is 13.6. The molecule has 1 aromatic heterocycles. The zero-order valence-corrected chi connectivity index (χ0v) is 11.9. The van der Waals surface area contributed by atoms with Gasteiger partial charge in [0.2, 0.25) is 5.95 Å². The van der Waals surface area contributed by atoms with Crippen LogP contribution < -0.4 is 11.1 Å². The highest BCUT2D eigenvalue weighted by molar-refractivity contribution is 5.46. The van der Waals surface area contributed by atoms with Crippen LogP contribution >= 0.6 is 0 Å². The fourth-order valence-electron chi connectivity index (χ4n) is 3.04. The molecule has 0 amide bonds. The smallest absolute Gasteiger partial charge is 0.221 e. The Hall–Kier alpha value is -1.40. The van der Waals surface area contributed by atoms with Gasteiger partial charge in [0, 0.05) is 37.6 Å². The molecule has 1 spiro atoms. The first-order chi connectivity index (χ1) is 9.67. The van der Waals surface area contributed by atoms with E-state index in [1.54, 1.807) is 6.20 Å². The second-order valence-electron chi connectivity index (χ2n) is 5.74. The molecule has 3 rings (SSSR count). The third-order valence-electron chi connectivity index (χ3n) is 4.23. The topological polar surface area (TPSA) is 82.3 Å². The molecule has 0 saturated carbocycles. The molecule has 0 aromatic carbocycles. The molecular formula is C14H22N4O2. The number of ether oxygens (including phenoxy) is 2. The van der Waals surface area contributed by atoms with E-state index >= 15 is 0 Å². The largest absolute Gasteiger partial charge is 0.381 e. The maximum atomic E-state index is 6.05. The molecule has 0 aliphatic carbocycles. The van der Waals surface area contributed by atoms with Gasteiger partial charge in [-0.3, -0.25) is 0 Å². The number of aromatic nitrogens is 2. The Labute approximate surface area is 119 Å². The molecule has 6 nitrogen and oxygen atoms in total. The summed E-state index contributed by atoms with van der Waals surface area (Å²) in [6.45, 7) is 4.38. The molecule has 2 fully saturated rings. The van der Waals surface area contributed by atoms with Crippen molar-refractivity contribution in [1.82, 2.24) is 9.97 Å². The second-order valence-corrected chi connectivity index (χ2v) is 5.74. The fraction of sp³-hybridized carbons (Fsp3) is 0.714. The van der Waals surface area contributed by atoms with E-state index in [2.05, 4.69) is 15.3 Å². The first-order valence-electron chi connectivity index (χ1n) is 7.24. The molecule has 20 heavy (non-hydrogen) atoms. The predicted molar refractivity (Wildman–Crippen MR) is 76.6 cm³/mol. The summed E-state index contributed by atoms with van der Waals surface area (Å²) >= 11 is 0. The predicted octanol–water partition coefficient (Wildman–Crippen LogP) is 1.51. The van der Waals surface area contributed by atoms with E-state index in [4.69, 9.17) is 15.2 Å². The highest BCUT2D eigenvalue weighted by Crippen LogP contribution is 2.35. The van der Waals surface area contributed by atoms with Crippen LogP contribution in [-0.4, -0.2) is 41.4 Å². The second kappa shape index (κ2) is 5.54. The quantitative estimate of drug-likeness (QED) is 0.853. The summed E-state index contributed by atoms with van der Waals surface area (Å²) in [6.07, 6.45) is 5.71. The molecule has 6 heteroatoms. The lowest BCUT2D eigenvalue weighted by Gasteiger charge is -2.43. The van der Waals surface area contributed by atoms with E-state index < -0.39 is 0 Å². The number of nitrogen functional groups attached to an aromatic ring is 1. The zero-order chi connectivity index (χ0) is 14.0. The third kappa shape index (κ3) is 2.86. The molecule has 110 valence electrons. The average molecular weight is 278 g/mol. The maximum Gasteiger partial charge on any atom is 0.221 e. The summed E-state index contributed by atoms with van der Waals surface area (Å²) in [5.74, 6) is 1.15. The van der Waals surface area contributed by atoms with Gasteiger partial charge >= 0.3 is 0 Å². The van der Waals surface area contributed by atoms with E-state index in [0.717, 1.165) is 56.9 Å². The Kier molecular flexibility index (Phi) is 3.76. The molecule has 3 heterocycles. The van der Waals surface area contributed by atoms with Crippen LogP contribution in [0.1, 0.15) is 31.2 Å². The minimum Gasteiger partial charge on any atom is -0.381 e. The Morgan fingerprint density at radius 1 is 1.35 bits per heavy atom. The zero-order valence-electron chi connectivity index (χ0n) is 11.9. The van der Waals surface area contributed by atoms with Gasteiger partial charge in [0.05, 0.1) is 5.60 Å². The van der Waals surface area contributed by atoms with Gasteiger partial charge in [-0.1, -0.05) is 0 Å². The minimum atomic E-state index is -0.0132.